The predicted octanol–water partition coefficient (Wildman–Crippen LogP) is 2.79. The van der Waals surface area contributed by atoms with Crippen LogP contribution in [0.5, 0.6) is 0 Å². The van der Waals surface area contributed by atoms with Gasteiger partial charge in [-0.2, -0.15) is 0 Å². The number of amides is 2. The average Bonchev–Trinajstić information content (AvgIpc) is 3.24. The number of halogens is 1. The minimum absolute atomic E-state index is 0.000610. The Balaban J connectivity index is 1.79. The number of sulfonamides is 1. The highest BCUT2D eigenvalue weighted by molar-refractivity contribution is 7.93. The van der Waals surface area contributed by atoms with E-state index >= 15 is 0 Å². The zero-order valence-electron chi connectivity index (χ0n) is 19.5. The van der Waals surface area contributed by atoms with Crippen LogP contribution < -0.4 is 15.4 Å². The number of nitrogens with zero attached hydrogens (tertiary/aromatic N) is 2. The van der Waals surface area contributed by atoms with Crippen LogP contribution in [0.25, 0.3) is 0 Å². The van der Waals surface area contributed by atoms with Crippen LogP contribution in [0.3, 0.4) is 0 Å². The van der Waals surface area contributed by atoms with Crippen molar-refractivity contribution in [3.63, 3.8) is 0 Å². The van der Waals surface area contributed by atoms with E-state index in [2.05, 4.69) is 5.32 Å². The summed E-state index contributed by atoms with van der Waals surface area (Å²) in [5.41, 5.74) is 6.44. The standard InChI is InChI=1S/C25H29ClN4O4S/c1-25-12-14-29(17-25)24(32)18-10-11-20(26)22(15-18)35(33,34)30(19-7-3-2-4-8-19)13-6-5-9-21(27)23(31)28-16-25/h2-8,10-11,15,21H,9,12-14,16-17,27H2,1H3,(H,28,31)/b6-5+. The van der Waals surface area contributed by atoms with E-state index in [1.54, 1.807) is 53.5 Å². The van der Waals surface area contributed by atoms with Gasteiger partial charge in [0.1, 0.15) is 4.90 Å². The molecule has 2 aromatic rings. The second kappa shape index (κ2) is 10.0. The smallest absolute Gasteiger partial charge is 0.266 e. The molecule has 0 aliphatic carbocycles. The Bertz CT molecular complexity index is 1250. The highest BCUT2D eigenvalue weighted by atomic mass is 35.5. The molecule has 4 bridgehead atoms. The lowest BCUT2D eigenvalue weighted by atomic mass is 9.89. The number of benzene rings is 2. The summed E-state index contributed by atoms with van der Waals surface area (Å²) in [6, 6.07) is 12.2. The van der Waals surface area contributed by atoms with Gasteiger partial charge in [0, 0.05) is 30.6 Å². The molecule has 0 spiro atoms. The number of hydrogen-bond donors (Lipinski definition) is 2. The molecule has 0 aromatic heterocycles. The molecule has 2 atom stereocenters. The molecule has 2 aromatic carbocycles. The molecule has 2 amide bonds. The molecule has 186 valence electrons. The number of nitrogens with one attached hydrogen (secondary N) is 1. The van der Waals surface area contributed by atoms with Gasteiger partial charge < -0.3 is 16.0 Å². The summed E-state index contributed by atoms with van der Waals surface area (Å²) >= 11 is 6.36. The van der Waals surface area contributed by atoms with Crippen LogP contribution in [0.2, 0.25) is 5.02 Å². The molecular weight excluding hydrogens is 488 g/mol. The Morgan fingerprint density at radius 2 is 1.86 bits per heavy atom. The van der Waals surface area contributed by atoms with Gasteiger partial charge in [-0.1, -0.05) is 48.9 Å². The fourth-order valence-electron chi connectivity index (χ4n) is 4.37. The molecule has 3 N–H and O–H groups in total. The summed E-state index contributed by atoms with van der Waals surface area (Å²) in [5, 5.41) is 2.95. The van der Waals surface area contributed by atoms with Gasteiger partial charge in [-0.25, -0.2) is 8.42 Å². The highest BCUT2D eigenvalue weighted by Crippen LogP contribution is 2.33. The van der Waals surface area contributed by atoms with E-state index in [4.69, 9.17) is 17.3 Å². The average molecular weight is 517 g/mol. The number of rotatable bonds is 1. The number of hydrogen-bond acceptors (Lipinski definition) is 5. The van der Waals surface area contributed by atoms with Crippen molar-refractivity contribution in [2.45, 2.75) is 30.7 Å². The third-order valence-electron chi connectivity index (χ3n) is 6.49. The van der Waals surface area contributed by atoms with Crippen LogP contribution in [0, 0.1) is 5.41 Å². The molecule has 0 saturated carbocycles. The van der Waals surface area contributed by atoms with Crippen molar-refractivity contribution in [3.05, 3.63) is 71.3 Å². The van der Waals surface area contributed by atoms with E-state index in [0.29, 0.717) is 31.7 Å². The molecule has 1 fully saturated rings. The molecule has 8 nitrogen and oxygen atoms in total. The first-order valence-electron chi connectivity index (χ1n) is 11.5. The summed E-state index contributed by atoms with van der Waals surface area (Å²) in [7, 11) is -4.12. The first-order valence-corrected chi connectivity index (χ1v) is 13.3. The number of carbonyl (C=O) groups excluding carboxylic acids is 2. The first-order chi connectivity index (χ1) is 16.6. The summed E-state index contributed by atoms with van der Waals surface area (Å²) in [4.78, 5) is 27.4. The number of anilines is 1. The number of para-hydroxylation sites is 1. The second-order valence-electron chi connectivity index (χ2n) is 9.34. The topological polar surface area (TPSA) is 113 Å². The van der Waals surface area contributed by atoms with Crippen molar-refractivity contribution in [1.82, 2.24) is 10.2 Å². The Morgan fingerprint density at radius 1 is 1.11 bits per heavy atom. The van der Waals surface area contributed by atoms with E-state index in [1.165, 1.54) is 16.4 Å². The molecule has 2 aliphatic heterocycles. The zero-order chi connectivity index (χ0) is 25.2. The number of fused-ring (bicyclic) bond motifs is 4. The summed E-state index contributed by atoms with van der Waals surface area (Å²) in [6.07, 6.45) is 4.32. The third kappa shape index (κ3) is 5.37. The molecule has 2 heterocycles. The van der Waals surface area contributed by atoms with E-state index in [1.807, 2.05) is 6.92 Å². The first kappa shape index (κ1) is 25.2. The van der Waals surface area contributed by atoms with Crippen LogP contribution in [0.1, 0.15) is 30.1 Å². The normalized spacial score (nSPS) is 26.2. The predicted molar refractivity (Wildman–Crippen MR) is 136 cm³/mol. The maximum Gasteiger partial charge on any atom is 0.266 e. The Hall–Kier alpha value is -2.88. The van der Waals surface area contributed by atoms with Crippen molar-refractivity contribution in [2.75, 3.05) is 30.5 Å². The van der Waals surface area contributed by atoms with Crippen LogP contribution >= 0.6 is 11.6 Å². The molecule has 4 rings (SSSR count). The third-order valence-corrected chi connectivity index (χ3v) is 8.76. The quantitative estimate of drug-likeness (QED) is 0.566. The van der Waals surface area contributed by atoms with E-state index in [-0.39, 0.29) is 45.7 Å². The lowest BCUT2D eigenvalue weighted by Crippen LogP contribution is -2.45. The molecule has 2 unspecified atom stereocenters. The Morgan fingerprint density at radius 3 is 2.60 bits per heavy atom. The van der Waals surface area contributed by atoms with Gasteiger partial charge >= 0.3 is 0 Å². The minimum Gasteiger partial charge on any atom is -0.354 e. The maximum absolute atomic E-state index is 13.8. The van der Waals surface area contributed by atoms with Crippen molar-refractivity contribution >= 4 is 39.1 Å². The van der Waals surface area contributed by atoms with E-state index < -0.39 is 16.1 Å². The molecular formula is C25H29ClN4O4S. The Kier molecular flexibility index (Phi) is 7.21. The Labute approximate surface area is 210 Å². The molecule has 1 saturated heterocycles. The summed E-state index contributed by atoms with van der Waals surface area (Å²) in [6.45, 7) is 3.34. The summed E-state index contributed by atoms with van der Waals surface area (Å²) in [5.74, 6) is -0.559. The van der Waals surface area contributed by atoms with Gasteiger partial charge in [-0.3, -0.25) is 13.9 Å². The van der Waals surface area contributed by atoms with E-state index in [0.717, 1.165) is 0 Å². The van der Waals surface area contributed by atoms with Crippen molar-refractivity contribution < 1.29 is 18.0 Å². The zero-order valence-corrected chi connectivity index (χ0v) is 21.1. The summed E-state index contributed by atoms with van der Waals surface area (Å²) < 4.78 is 28.8. The number of carbonyl (C=O) groups is 2. The van der Waals surface area contributed by atoms with Crippen LogP contribution in [-0.4, -0.2) is 57.4 Å². The van der Waals surface area contributed by atoms with Gasteiger partial charge in [0.25, 0.3) is 15.9 Å². The van der Waals surface area contributed by atoms with E-state index in [9.17, 15) is 18.0 Å². The van der Waals surface area contributed by atoms with Gasteiger partial charge in [-0.05, 0) is 43.2 Å². The molecule has 35 heavy (non-hydrogen) atoms. The maximum atomic E-state index is 13.8. The van der Waals surface area contributed by atoms with Crippen molar-refractivity contribution in [3.8, 4) is 0 Å². The van der Waals surface area contributed by atoms with Gasteiger partial charge in [0.15, 0.2) is 0 Å². The molecule has 10 heteroatoms. The monoisotopic (exact) mass is 516 g/mol. The van der Waals surface area contributed by atoms with Gasteiger partial charge in [0.2, 0.25) is 5.91 Å². The van der Waals surface area contributed by atoms with Crippen LogP contribution in [-0.2, 0) is 14.8 Å². The van der Waals surface area contributed by atoms with Gasteiger partial charge in [0.05, 0.1) is 23.3 Å². The van der Waals surface area contributed by atoms with Crippen molar-refractivity contribution in [2.24, 2.45) is 11.1 Å². The molecule has 0 radical (unpaired) electrons. The van der Waals surface area contributed by atoms with Crippen LogP contribution in [0.4, 0.5) is 5.69 Å². The SMILES string of the molecule is CC12CCN(C1)C(=O)c1ccc(Cl)c(c1)S(=O)(=O)N(c1ccccc1)C/C=C/CC(N)C(=O)NC2. The lowest BCUT2D eigenvalue weighted by molar-refractivity contribution is -0.122. The van der Waals surface area contributed by atoms with Gasteiger partial charge in [-0.15, -0.1) is 0 Å². The second-order valence-corrected chi connectivity index (χ2v) is 11.6. The number of nitrogens with two attached hydrogens (primary N) is 1. The highest BCUT2D eigenvalue weighted by Gasteiger charge is 2.37. The fraction of sp³-hybridized carbons (Fsp3) is 0.360. The van der Waals surface area contributed by atoms with Crippen LogP contribution in [0.15, 0.2) is 65.6 Å². The minimum atomic E-state index is -4.12. The molecule has 2 aliphatic rings. The lowest BCUT2D eigenvalue weighted by Gasteiger charge is -2.26. The largest absolute Gasteiger partial charge is 0.354 e. The van der Waals surface area contributed by atoms with Crippen molar-refractivity contribution in [1.29, 1.82) is 0 Å². The fourth-order valence-corrected chi connectivity index (χ4v) is 6.28.